The van der Waals surface area contributed by atoms with Crippen molar-refractivity contribution in [1.82, 2.24) is 0 Å². The van der Waals surface area contributed by atoms with Gasteiger partial charge in [0.15, 0.2) is 0 Å². The third kappa shape index (κ3) is 1.64. The van der Waals surface area contributed by atoms with Gasteiger partial charge in [-0.25, -0.2) is 0 Å². The lowest BCUT2D eigenvalue weighted by molar-refractivity contribution is -0.136. The molecule has 0 aromatic heterocycles. The van der Waals surface area contributed by atoms with Crippen LogP contribution in [0.25, 0.3) is 0 Å². The minimum atomic E-state index is 0.473. The summed E-state index contributed by atoms with van der Waals surface area (Å²) in [5.41, 5.74) is 0.968. The van der Waals surface area contributed by atoms with Crippen molar-refractivity contribution in [3.05, 3.63) is 12.2 Å². The minimum absolute atomic E-state index is 0.473. The van der Waals surface area contributed by atoms with Gasteiger partial charge in [-0.3, -0.25) is 4.79 Å². The zero-order valence-electron chi connectivity index (χ0n) is 13.0. The Bertz CT molecular complexity index is 464. The van der Waals surface area contributed by atoms with Crippen molar-refractivity contribution in [3.8, 4) is 0 Å². The molecule has 0 radical (unpaired) electrons. The minimum Gasteiger partial charge on any atom is -0.300 e. The van der Waals surface area contributed by atoms with Crippen molar-refractivity contribution in [1.29, 1.82) is 0 Å². The third-order valence-electron chi connectivity index (χ3n) is 7.81. The van der Waals surface area contributed by atoms with E-state index in [1.165, 1.54) is 38.5 Å². The lowest BCUT2D eigenvalue weighted by Gasteiger charge is -2.59. The van der Waals surface area contributed by atoms with Crippen molar-refractivity contribution in [2.24, 2.45) is 34.5 Å². The first-order valence-electron chi connectivity index (χ1n) is 8.72. The summed E-state index contributed by atoms with van der Waals surface area (Å²) < 4.78 is 0. The molecule has 1 nitrogen and oxygen atoms in total. The van der Waals surface area contributed by atoms with E-state index in [-0.39, 0.29) is 0 Å². The maximum Gasteiger partial charge on any atom is 0.133 e. The molecule has 0 aliphatic heterocycles. The molecule has 0 amide bonds. The third-order valence-corrected chi connectivity index (χ3v) is 7.81. The zero-order chi connectivity index (χ0) is 14.0. The first-order chi connectivity index (χ1) is 9.53. The number of allylic oxidation sites excluding steroid dienone is 2. The molecule has 110 valence electrons. The summed E-state index contributed by atoms with van der Waals surface area (Å²) >= 11 is 0. The molecule has 4 rings (SSSR count). The largest absolute Gasteiger partial charge is 0.300 e. The van der Waals surface area contributed by atoms with Crippen LogP contribution in [0.4, 0.5) is 0 Å². The Morgan fingerprint density at radius 2 is 1.95 bits per heavy atom. The molecule has 3 saturated carbocycles. The van der Waals surface area contributed by atoms with E-state index in [0.29, 0.717) is 22.5 Å². The van der Waals surface area contributed by atoms with Gasteiger partial charge in [0.05, 0.1) is 0 Å². The van der Waals surface area contributed by atoms with Gasteiger partial charge in [-0.1, -0.05) is 26.0 Å². The van der Waals surface area contributed by atoms with Crippen LogP contribution in [0.2, 0.25) is 0 Å². The summed E-state index contributed by atoms with van der Waals surface area (Å²) in [6.07, 6.45) is 14.7. The second-order valence-corrected chi connectivity index (χ2v) is 8.58. The normalized spacial score (nSPS) is 54.2. The fraction of sp³-hybridized carbons (Fsp3) is 0.842. The number of hydrogen-bond donors (Lipinski definition) is 0. The molecule has 1 heteroatoms. The first-order valence-corrected chi connectivity index (χ1v) is 8.72. The standard InChI is InChI=1S/C19H28O/c1-18-9-3-4-16(18)15-6-5-13-12-14(20)7-11-19(13,2)17(15)8-10-18/h3,9,13,15-17H,4-8,10-12H2,1-2H3/t13-,15-,16-,17-,18+,19+/m1/s1. The summed E-state index contributed by atoms with van der Waals surface area (Å²) in [5, 5.41) is 0. The highest BCUT2D eigenvalue weighted by atomic mass is 16.1. The van der Waals surface area contributed by atoms with Crippen LogP contribution in [0, 0.1) is 34.5 Å². The van der Waals surface area contributed by atoms with E-state index in [9.17, 15) is 4.79 Å². The van der Waals surface area contributed by atoms with E-state index in [1.54, 1.807) is 0 Å². The van der Waals surface area contributed by atoms with Crippen LogP contribution in [0.1, 0.15) is 65.2 Å². The molecule has 0 bridgehead atoms. The predicted molar refractivity (Wildman–Crippen MR) is 81.3 cm³/mol. The fourth-order valence-corrected chi connectivity index (χ4v) is 6.53. The average molecular weight is 272 g/mol. The van der Waals surface area contributed by atoms with Crippen molar-refractivity contribution in [2.45, 2.75) is 65.2 Å². The highest BCUT2D eigenvalue weighted by molar-refractivity contribution is 5.79. The van der Waals surface area contributed by atoms with Crippen LogP contribution in [-0.4, -0.2) is 5.78 Å². The molecule has 0 heterocycles. The van der Waals surface area contributed by atoms with Crippen molar-refractivity contribution in [2.75, 3.05) is 0 Å². The van der Waals surface area contributed by atoms with Crippen LogP contribution in [0.5, 0.6) is 0 Å². The number of ketones is 1. The Hall–Kier alpha value is -0.590. The van der Waals surface area contributed by atoms with Gasteiger partial charge in [0.25, 0.3) is 0 Å². The van der Waals surface area contributed by atoms with E-state index in [2.05, 4.69) is 26.0 Å². The van der Waals surface area contributed by atoms with E-state index in [0.717, 1.165) is 30.6 Å². The summed E-state index contributed by atoms with van der Waals surface area (Å²) in [6.45, 7) is 5.03. The topological polar surface area (TPSA) is 17.1 Å². The van der Waals surface area contributed by atoms with Crippen LogP contribution in [0.3, 0.4) is 0 Å². The van der Waals surface area contributed by atoms with E-state index in [4.69, 9.17) is 0 Å². The van der Waals surface area contributed by atoms with Gasteiger partial charge in [0, 0.05) is 12.8 Å². The Labute approximate surface area is 123 Å². The smallest absolute Gasteiger partial charge is 0.133 e. The van der Waals surface area contributed by atoms with Gasteiger partial charge < -0.3 is 0 Å². The Morgan fingerprint density at radius 1 is 1.10 bits per heavy atom. The lowest BCUT2D eigenvalue weighted by atomic mass is 9.45. The van der Waals surface area contributed by atoms with E-state index in [1.807, 2.05) is 0 Å². The monoisotopic (exact) mass is 272 g/mol. The first kappa shape index (κ1) is 13.1. The number of Topliss-reactive ketones (excluding diaryl/α,β-unsaturated/α-hetero) is 1. The lowest BCUT2D eigenvalue weighted by Crippen LogP contribution is -2.52. The molecule has 0 aromatic carbocycles. The van der Waals surface area contributed by atoms with Gasteiger partial charge in [-0.15, -0.1) is 0 Å². The molecule has 0 aromatic rings. The van der Waals surface area contributed by atoms with Gasteiger partial charge >= 0.3 is 0 Å². The molecule has 3 fully saturated rings. The molecule has 20 heavy (non-hydrogen) atoms. The number of carbonyl (C=O) groups excluding carboxylic acids is 1. The molecule has 0 unspecified atom stereocenters. The van der Waals surface area contributed by atoms with Crippen LogP contribution < -0.4 is 0 Å². The summed E-state index contributed by atoms with van der Waals surface area (Å²) in [6, 6.07) is 0. The van der Waals surface area contributed by atoms with E-state index >= 15 is 0 Å². The Morgan fingerprint density at radius 3 is 2.80 bits per heavy atom. The summed E-state index contributed by atoms with van der Waals surface area (Å²) in [7, 11) is 0. The zero-order valence-corrected chi connectivity index (χ0v) is 13.0. The van der Waals surface area contributed by atoms with Gasteiger partial charge in [-0.2, -0.15) is 0 Å². The highest BCUT2D eigenvalue weighted by Gasteiger charge is 2.56. The highest BCUT2D eigenvalue weighted by Crippen LogP contribution is 2.64. The molecule has 0 saturated heterocycles. The summed E-state index contributed by atoms with van der Waals surface area (Å²) in [5.74, 6) is 3.96. The SMILES string of the molecule is C[C@]12CCC(=O)C[C@H]1CC[C@H]1[C@H]2CC[C@]2(C)C=CC[C@H]12. The second-order valence-electron chi connectivity index (χ2n) is 8.58. The molecule has 6 atom stereocenters. The number of rotatable bonds is 0. The maximum atomic E-state index is 11.8. The van der Waals surface area contributed by atoms with Crippen molar-refractivity contribution in [3.63, 3.8) is 0 Å². The van der Waals surface area contributed by atoms with Crippen LogP contribution in [0.15, 0.2) is 12.2 Å². The summed E-state index contributed by atoms with van der Waals surface area (Å²) in [4.78, 5) is 11.8. The molecule has 4 aliphatic rings. The number of fused-ring (bicyclic) bond motifs is 5. The Kier molecular flexibility index (Phi) is 2.76. The fourth-order valence-electron chi connectivity index (χ4n) is 6.53. The molecule has 0 spiro atoms. The van der Waals surface area contributed by atoms with Crippen LogP contribution >= 0.6 is 0 Å². The number of carbonyl (C=O) groups is 1. The molecular weight excluding hydrogens is 244 g/mol. The van der Waals surface area contributed by atoms with Crippen molar-refractivity contribution < 1.29 is 4.79 Å². The molecule has 4 aliphatic carbocycles. The predicted octanol–water partition coefficient (Wildman–Crippen LogP) is 4.76. The molecular formula is C19H28O. The quantitative estimate of drug-likeness (QED) is 0.581. The Balaban J connectivity index is 1.64. The van der Waals surface area contributed by atoms with Gasteiger partial charge in [0.1, 0.15) is 5.78 Å². The van der Waals surface area contributed by atoms with Gasteiger partial charge in [0.2, 0.25) is 0 Å². The van der Waals surface area contributed by atoms with E-state index < -0.39 is 0 Å². The average Bonchev–Trinajstić information content (AvgIpc) is 2.81. The molecule has 0 N–H and O–H groups in total. The van der Waals surface area contributed by atoms with Gasteiger partial charge in [-0.05, 0) is 73.0 Å². The second kappa shape index (κ2) is 4.21. The van der Waals surface area contributed by atoms with Crippen LogP contribution in [-0.2, 0) is 4.79 Å². The van der Waals surface area contributed by atoms with Crippen molar-refractivity contribution >= 4 is 5.78 Å². The number of hydrogen-bond acceptors (Lipinski definition) is 1. The maximum absolute atomic E-state index is 11.8.